The van der Waals surface area contributed by atoms with Crippen LogP contribution in [0.5, 0.6) is 5.75 Å². The first-order valence-corrected chi connectivity index (χ1v) is 9.69. The standard InChI is InChI=1S/C21H25F2N3O2/c22-17-5-7-20(8-6-17)28-14-2-9-25-10-12-26(13-11-25)16-21(27)24-19-4-1-3-18(23)15-19/h1,3-8,15H,2,9-14,16H2,(H,24,27)/p+2. The first-order valence-electron chi connectivity index (χ1n) is 9.69. The molecular weight excluding hydrogens is 364 g/mol. The molecule has 1 fully saturated rings. The van der Waals surface area contributed by atoms with Crippen LogP contribution in [0.1, 0.15) is 6.42 Å². The van der Waals surface area contributed by atoms with Gasteiger partial charge in [-0.3, -0.25) is 4.79 Å². The molecule has 1 aliphatic heterocycles. The van der Waals surface area contributed by atoms with E-state index in [-0.39, 0.29) is 17.5 Å². The molecule has 1 amide bonds. The van der Waals surface area contributed by atoms with Gasteiger partial charge in [-0.05, 0) is 42.5 Å². The quantitative estimate of drug-likeness (QED) is 0.562. The van der Waals surface area contributed by atoms with Crippen molar-refractivity contribution in [2.45, 2.75) is 6.42 Å². The number of carbonyl (C=O) groups excluding carboxylic acids is 1. The van der Waals surface area contributed by atoms with E-state index in [1.807, 2.05) is 0 Å². The van der Waals surface area contributed by atoms with Gasteiger partial charge in [0.2, 0.25) is 0 Å². The van der Waals surface area contributed by atoms with Gasteiger partial charge in [0.1, 0.15) is 43.6 Å². The first-order chi connectivity index (χ1) is 13.6. The lowest BCUT2D eigenvalue weighted by Gasteiger charge is -2.29. The van der Waals surface area contributed by atoms with E-state index in [0.29, 0.717) is 24.6 Å². The maximum absolute atomic E-state index is 13.2. The van der Waals surface area contributed by atoms with Crippen molar-refractivity contribution in [3.63, 3.8) is 0 Å². The van der Waals surface area contributed by atoms with Crippen molar-refractivity contribution in [3.05, 3.63) is 60.2 Å². The van der Waals surface area contributed by atoms with Crippen LogP contribution in [0.15, 0.2) is 48.5 Å². The molecule has 0 radical (unpaired) electrons. The molecular formula is C21H27F2N3O2+2. The number of carbonyl (C=O) groups is 1. The van der Waals surface area contributed by atoms with Crippen molar-refractivity contribution in [1.29, 1.82) is 0 Å². The summed E-state index contributed by atoms with van der Waals surface area (Å²) >= 11 is 0. The molecule has 0 unspecified atom stereocenters. The minimum atomic E-state index is -0.356. The lowest BCUT2D eigenvalue weighted by Crippen LogP contribution is -3.28. The summed E-state index contributed by atoms with van der Waals surface area (Å²) in [4.78, 5) is 14.9. The fourth-order valence-corrected chi connectivity index (χ4v) is 3.43. The van der Waals surface area contributed by atoms with Crippen LogP contribution in [0.3, 0.4) is 0 Å². The van der Waals surface area contributed by atoms with Crippen molar-refractivity contribution < 1.29 is 28.1 Å². The van der Waals surface area contributed by atoms with Crippen LogP contribution < -0.4 is 19.9 Å². The summed E-state index contributed by atoms with van der Waals surface area (Å²) in [6.45, 7) is 5.93. The Bertz CT molecular complexity index is 763. The topological polar surface area (TPSA) is 47.2 Å². The van der Waals surface area contributed by atoms with Gasteiger partial charge in [0.25, 0.3) is 5.91 Å². The molecule has 0 spiro atoms. The number of hydrogen-bond acceptors (Lipinski definition) is 2. The van der Waals surface area contributed by atoms with Crippen molar-refractivity contribution in [2.75, 3.05) is 51.2 Å². The van der Waals surface area contributed by atoms with Crippen LogP contribution in [-0.4, -0.2) is 51.8 Å². The predicted molar refractivity (Wildman–Crippen MR) is 103 cm³/mol. The second-order valence-corrected chi connectivity index (χ2v) is 7.14. The number of halogens is 2. The molecule has 0 aromatic heterocycles. The number of hydrogen-bond donors (Lipinski definition) is 3. The Balaban J connectivity index is 1.29. The van der Waals surface area contributed by atoms with Gasteiger partial charge < -0.3 is 19.9 Å². The van der Waals surface area contributed by atoms with E-state index in [0.717, 1.165) is 39.1 Å². The van der Waals surface area contributed by atoms with Gasteiger partial charge in [0, 0.05) is 12.1 Å². The average molecular weight is 391 g/mol. The summed E-state index contributed by atoms with van der Waals surface area (Å²) in [5.74, 6) is -0.0146. The Kier molecular flexibility index (Phi) is 7.33. The summed E-state index contributed by atoms with van der Waals surface area (Å²) in [7, 11) is 0. The minimum absolute atomic E-state index is 0.0863. The number of rotatable bonds is 8. The van der Waals surface area contributed by atoms with Gasteiger partial charge in [0.05, 0.1) is 13.2 Å². The molecule has 0 saturated carbocycles. The molecule has 2 aromatic carbocycles. The van der Waals surface area contributed by atoms with E-state index >= 15 is 0 Å². The molecule has 3 N–H and O–H groups in total. The third-order valence-corrected chi connectivity index (χ3v) is 4.94. The zero-order valence-electron chi connectivity index (χ0n) is 15.8. The number of anilines is 1. The summed E-state index contributed by atoms with van der Waals surface area (Å²) in [5, 5.41) is 2.76. The van der Waals surface area contributed by atoms with Crippen molar-refractivity contribution in [2.24, 2.45) is 0 Å². The van der Waals surface area contributed by atoms with Crippen molar-refractivity contribution in [3.8, 4) is 5.75 Å². The molecule has 7 heteroatoms. The summed E-state index contributed by atoms with van der Waals surface area (Å²) < 4.78 is 31.7. The van der Waals surface area contributed by atoms with E-state index in [2.05, 4.69) is 5.32 Å². The molecule has 2 aromatic rings. The third-order valence-electron chi connectivity index (χ3n) is 4.94. The molecule has 1 heterocycles. The van der Waals surface area contributed by atoms with E-state index in [9.17, 15) is 13.6 Å². The highest BCUT2D eigenvalue weighted by Gasteiger charge is 2.24. The van der Waals surface area contributed by atoms with Crippen LogP contribution in [0.2, 0.25) is 0 Å². The summed E-state index contributed by atoms with van der Waals surface area (Å²) in [6.07, 6.45) is 0.933. The maximum atomic E-state index is 13.2. The fraction of sp³-hybridized carbons (Fsp3) is 0.381. The second-order valence-electron chi connectivity index (χ2n) is 7.14. The summed E-state index contributed by atoms with van der Waals surface area (Å²) in [5.41, 5.74) is 0.495. The van der Waals surface area contributed by atoms with Crippen LogP contribution >= 0.6 is 0 Å². The zero-order valence-corrected chi connectivity index (χ0v) is 15.8. The molecule has 1 aliphatic rings. The Labute approximate surface area is 163 Å². The number of quaternary nitrogens is 2. The largest absolute Gasteiger partial charge is 0.493 e. The van der Waals surface area contributed by atoms with Gasteiger partial charge in [-0.1, -0.05) is 6.07 Å². The van der Waals surface area contributed by atoms with Gasteiger partial charge in [-0.2, -0.15) is 0 Å². The highest BCUT2D eigenvalue weighted by atomic mass is 19.1. The van der Waals surface area contributed by atoms with E-state index in [4.69, 9.17) is 4.74 Å². The fourth-order valence-electron chi connectivity index (χ4n) is 3.43. The van der Waals surface area contributed by atoms with Crippen LogP contribution in [0.4, 0.5) is 14.5 Å². The Hall–Kier alpha value is -2.51. The minimum Gasteiger partial charge on any atom is -0.493 e. The molecule has 5 nitrogen and oxygen atoms in total. The Morgan fingerprint density at radius 2 is 1.68 bits per heavy atom. The second kappa shape index (κ2) is 10.1. The van der Waals surface area contributed by atoms with E-state index in [1.54, 1.807) is 24.3 Å². The first kappa shape index (κ1) is 20.2. The number of ether oxygens (including phenoxy) is 1. The van der Waals surface area contributed by atoms with Crippen molar-refractivity contribution >= 4 is 11.6 Å². The van der Waals surface area contributed by atoms with Crippen LogP contribution in [0.25, 0.3) is 0 Å². The van der Waals surface area contributed by atoms with Crippen LogP contribution in [0, 0.1) is 11.6 Å². The predicted octanol–water partition coefficient (Wildman–Crippen LogP) is 0.156. The SMILES string of the molecule is O=C(C[NH+]1CC[NH+](CCCOc2ccc(F)cc2)CC1)Nc1cccc(F)c1. The maximum Gasteiger partial charge on any atom is 0.279 e. The van der Waals surface area contributed by atoms with E-state index in [1.165, 1.54) is 34.1 Å². The van der Waals surface area contributed by atoms with Gasteiger partial charge in [-0.25, -0.2) is 8.78 Å². The number of benzene rings is 2. The molecule has 0 bridgehead atoms. The monoisotopic (exact) mass is 391 g/mol. The molecule has 3 rings (SSSR count). The molecule has 0 atom stereocenters. The average Bonchev–Trinajstić information content (AvgIpc) is 2.68. The molecule has 1 saturated heterocycles. The number of nitrogens with one attached hydrogen (secondary N) is 3. The smallest absolute Gasteiger partial charge is 0.279 e. The molecule has 150 valence electrons. The van der Waals surface area contributed by atoms with E-state index < -0.39 is 0 Å². The van der Waals surface area contributed by atoms with Crippen molar-refractivity contribution in [1.82, 2.24) is 0 Å². The third kappa shape index (κ3) is 6.58. The lowest BCUT2D eigenvalue weighted by molar-refractivity contribution is -1.01. The molecule has 0 aliphatic carbocycles. The van der Waals surface area contributed by atoms with Gasteiger partial charge in [0.15, 0.2) is 6.54 Å². The number of piperazine rings is 1. The summed E-state index contributed by atoms with van der Waals surface area (Å²) in [6, 6.07) is 12.0. The van der Waals surface area contributed by atoms with Crippen LogP contribution in [-0.2, 0) is 4.79 Å². The lowest BCUT2D eigenvalue weighted by atomic mass is 10.2. The zero-order chi connectivity index (χ0) is 19.8. The highest BCUT2D eigenvalue weighted by Crippen LogP contribution is 2.11. The highest BCUT2D eigenvalue weighted by molar-refractivity contribution is 5.91. The van der Waals surface area contributed by atoms with Gasteiger partial charge in [-0.15, -0.1) is 0 Å². The normalized spacial score (nSPS) is 19.2. The molecule has 28 heavy (non-hydrogen) atoms. The van der Waals surface area contributed by atoms with Gasteiger partial charge >= 0.3 is 0 Å². The number of amides is 1. The Morgan fingerprint density at radius 3 is 2.39 bits per heavy atom. The Morgan fingerprint density at radius 1 is 0.964 bits per heavy atom.